The quantitative estimate of drug-likeness (QED) is 0.800. The van der Waals surface area contributed by atoms with Gasteiger partial charge in [0, 0.05) is 32.7 Å². The molecule has 0 bridgehead atoms. The molecule has 1 aliphatic heterocycles. The van der Waals surface area contributed by atoms with Crippen molar-refractivity contribution < 1.29 is 4.74 Å². The smallest absolute Gasteiger partial charge is 0.119 e. The van der Waals surface area contributed by atoms with Gasteiger partial charge in [-0.15, -0.1) is 0 Å². The van der Waals surface area contributed by atoms with Gasteiger partial charge in [-0.3, -0.25) is 4.90 Å². The van der Waals surface area contributed by atoms with Crippen molar-refractivity contribution >= 4 is 0 Å². The largest absolute Gasteiger partial charge is 0.491 e. The van der Waals surface area contributed by atoms with E-state index < -0.39 is 0 Å². The fraction of sp³-hybridized carbons (Fsp3) is 0.667. The molecule has 2 rings (SSSR count). The summed E-state index contributed by atoms with van der Waals surface area (Å²) in [4.78, 5) is 5.05. The van der Waals surface area contributed by atoms with E-state index >= 15 is 0 Å². The van der Waals surface area contributed by atoms with Gasteiger partial charge in [0.2, 0.25) is 0 Å². The molecular formula is C18H31N3O. The Bertz CT molecular complexity index is 413. The van der Waals surface area contributed by atoms with E-state index in [1.54, 1.807) is 0 Å². The fourth-order valence-corrected chi connectivity index (χ4v) is 2.73. The number of nitrogens with two attached hydrogens (primary N) is 1. The summed E-state index contributed by atoms with van der Waals surface area (Å²) in [7, 11) is 0. The highest BCUT2D eigenvalue weighted by atomic mass is 16.5. The lowest BCUT2D eigenvalue weighted by atomic mass is 10.2. The third-order valence-corrected chi connectivity index (χ3v) is 4.39. The molecule has 124 valence electrons. The maximum atomic E-state index is 5.83. The molecule has 1 saturated heterocycles. The van der Waals surface area contributed by atoms with Crippen LogP contribution in [0.2, 0.25) is 0 Å². The van der Waals surface area contributed by atoms with Crippen molar-refractivity contribution in [3.8, 4) is 5.75 Å². The van der Waals surface area contributed by atoms with E-state index in [9.17, 15) is 0 Å². The normalized spacial score (nSPS) is 18.3. The topological polar surface area (TPSA) is 41.7 Å². The number of hydrogen-bond donors (Lipinski definition) is 1. The second-order valence-corrected chi connectivity index (χ2v) is 6.24. The SMILES string of the molecule is CCC(C)Oc1ccc(CN2CCN(CCCN)CC2)cc1. The lowest BCUT2D eigenvalue weighted by Crippen LogP contribution is -2.46. The van der Waals surface area contributed by atoms with Gasteiger partial charge in [0.05, 0.1) is 6.10 Å². The summed E-state index contributed by atoms with van der Waals surface area (Å²) in [5.41, 5.74) is 6.95. The van der Waals surface area contributed by atoms with Crippen LogP contribution >= 0.6 is 0 Å². The molecule has 4 heteroatoms. The molecule has 2 N–H and O–H groups in total. The van der Waals surface area contributed by atoms with Crippen LogP contribution in [0.4, 0.5) is 0 Å². The number of rotatable bonds is 8. The van der Waals surface area contributed by atoms with E-state index in [1.165, 1.54) is 5.56 Å². The van der Waals surface area contributed by atoms with E-state index in [0.29, 0.717) is 0 Å². The third kappa shape index (κ3) is 5.59. The Morgan fingerprint density at radius 2 is 1.73 bits per heavy atom. The molecule has 1 unspecified atom stereocenters. The van der Waals surface area contributed by atoms with Crippen molar-refractivity contribution in [2.45, 2.75) is 39.3 Å². The molecule has 0 spiro atoms. The summed E-state index contributed by atoms with van der Waals surface area (Å²) in [5, 5.41) is 0. The zero-order chi connectivity index (χ0) is 15.8. The summed E-state index contributed by atoms with van der Waals surface area (Å²) < 4.78 is 5.83. The average molecular weight is 305 g/mol. The molecule has 22 heavy (non-hydrogen) atoms. The van der Waals surface area contributed by atoms with Crippen LogP contribution in [0, 0.1) is 0 Å². The summed E-state index contributed by atoms with van der Waals surface area (Å²) in [5.74, 6) is 0.977. The number of benzene rings is 1. The second-order valence-electron chi connectivity index (χ2n) is 6.24. The van der Waals surface area contributed by atoms with Crippen molar-refractivity contribution in [2.24, 2.45) is 5.73 Å². The maximum Gasteiger partial charge on any atom is 0.119 e. The second kappa shape index (κ2) is 9.13. The molecule has 1 aromatic carbocycles. The highest BCUT2D eigenvalue weighted by Crippen LogP contribution is 2.16. The van der Waals surface area contributed by atoms with Gasteiger partial charge in [0.1, 0.15) is 5.75 Å². The Labute approximate surface area is 135 Å². The lowest BCUT2D eigenvalue weighted by Gasteiger charge is -2.34. The lowest BCUT2D eigenvalue weighted by molar-refractivity contribution is 0.126. The van der Waals surface area contributed by atoms with Crippen LogP contribution in [0.3, 0.4) is 0 Å². The summed E-state index contributed by atoms with van der Waals surface area (Å²) in [6.45, 7) is 11.9. The molecule has 0 saturated carbocycles. The predicted octanol–water partition coefficient (Wildman–Crippen LogP) is 2.33. The van der Waals surface area contributed by atoms with E-state index in [-0.39, 0.29) is 6.10 Å². The Morgan fingerprint density at radius 3 is 2.32 bits per heavy atom. The number of piperazine rings is 1. The highest BCUT2D eigenvalue weighted by molar-refractivity contribution is 5.27. The first kappa shape index (κ1) is 17.3. The molecule has 1 aliphatic rings. The molecule has 0 radical (unpaired) electrons. The Hall–Kier alpha value is -1.10. The molecule has 1 atom stereocenters. The molecular weight excluding hydrogens is 274 g/mol. The fourth-order valence-electron chi connectivity index (χ4n) is 2.73. The molecule has 1 fully saturated rings. The summed E-state index contributed by atoms with van der Waals surface area (Å²) >= 11 is 0. The molecule has 1 heterocycles. The monoisotopic (exact) mass is 305 g/mol. The molecule has 1 aromatic rings. The van der Waals surface area contributed by atoms with Crippen LogP contribution in [-0.4, -0.2) is 55.2 Å². The zero-order valence-electron chi connectivity index (χ0n) is 14.1. The minimum absolute atomic E-state index is 0.285. The van der Waals surface area contributed by atoms with Gasteiger partial charge in [-0.05, 0) is 50.6 Å². The van der Waals surface area contributed by atoms with Crippen LogP contribution in [-0.2, 0) is 6.54 Å². The minimum Gasteiger partial charge on any atom is -0.491 e. The van der Waals surface area contributed by atoms with Crippen molar-refractivity contribution in [3.63, 3.8) is 0 Å². The van der Waals surface area contributed by atoms with Crippen molar-refractivity contribution in [3.05, 3.63) is 29.8 Å². The first-order chi connectivity index (χ1) is 10.7. The summed E-state index contributed by atoms with van der Waals surface area (Å²) in [6.07, 6.45) is 2.43. The minimum atomic E-state index is 0.285. The Kier molecular flexibility index (Phi) is 7.16. The van der Waals surface area contributed by atoms with E-state index in [2.05, 4.69) is 47.9 Å². The number of nitrogens with zero attached hydrogens (tertiary/aromatic N) is 2. The van der Waals surface area contributed by atoms with Crippen LogP contribution in [0.25, 0.3) is 0 Å². The average Bonchev–Trinajstić information content (AvgIpc) is 2.56. The maximum absolute atomic E-state index is 5.83. The number of hydrogen-bond acceptors (Lipinski definition) is 4. The van der Waals surface area contributed by atoms with Gasteiger partial charge in [-0.25, -0.2) is 0 Å². The molecule has 0 aromatic heterocycles. The van der Waals surface area contributed by atoms with Crippen LogP contribution in [0.1, 0.15) is 32.3 Å². The van der Waals surface area contributed by atoms with E-state index in [1.807, 2.05) is 0 Å². The first-order valence-electron chi connectivity index (χ1n) is 8.61. The van der Waals surface area contributed by atoms with E-state index in [4.69, 9.17) is 10.5 Å². The van der Waals surface area contributed by atoms with Gasteiger partial charge in [-0.1, -0.05) is 19.1 Å². The van der Waals surface area contributed by atoms with Crippen LogP contribution in [0.15, 0.2) is 24.3 Å². The third-order valence-electron chi connectivity index (χ3n) is 4.39. The Morgan fingerprint density at radius 1 is 1.09 bits per heavy atom. The predicted molar refractivity (Wildman–Crippen MR) is 92.2 cm³/mol. The zero-order valence-corrected chi connectivity index (χ0v) is 14.1. The Balaban J connectivity index is 1.75. The number of ether oxygens (including phenoxy) is 1. The van der Waals surface area contributed by atoms with Crippen LogP contribution < -0.4 is 10.5 Å². The molecule has 0 amide bonds. The van der Waals surface area contributed by atoms with Crippen molar-refractivity contribution in [1.82, 2.24) is 9.80 Å². The first-order valence-corrected chi connectivity index (χ1v) is 8.61. The summed E-state index contributed by atoms with van der Waals surface area (Å²) in [6, 6.07) is 8.58. The standard InChI is InChI=1S/C18H31N3O/c1-3-16(2)22-18-7-5-17(6-8-18)15-21-13-11-20(12-14-21)10-4-9-19/h5-8,16H,3-4,9-15,19H2,1-2H3. The molecule has 0 aliphatic carbocycles. The van der Waals surface area contributed by atoms with E-state index in [0.717, 1.165) is 64.4 Å². The molecule has 4 nitrogen and oxygen atoms in total. The van der Waals surface area contributed by atoms with Crippen molar-refractivity contribution in [1.29, 1.82) is 0 Å². The van der Waals surface area contributed by atoms with Gasteiger partial charge in [0.15, 0.2) is 0 Å². The van der Waals surface area contributed by atoms with Gasteiger partial charge in [-0.2, -0.15) is 0 Å². The van der Waals surface area contributed by atoms with Gasteiger partial charge >= 0.3 is 0 Å². The van der Waals surface area contributed by atoms with Gasteiger partial charge < -0.3 is 15.4 Å². The van der Waals surface area contributed by atoms with Crippen LogP contribution in [0.5, 0.6) is 5.75 Å². The highest BCUT2D eigenvalue weighted by Gasteiger charge is 2.16. The van der Waals surface area contributed by atoms with Crippen molar-refractivity contribution in [2.75, 3.05) is 39.3 Å². The van der Waals surface area contributed by atoms with Gasteiger partial charge in [0.25, 0.3) is 0 Å².